The van der Waals surface area contributed by atoms with E-state index in [-0.39, 0.29) is 0 Å². The molecule has 0 spiro atoms. The Kier molecular flexibility index (Phi) is 4.14. The predicted molar refractivity (Wildman–Crippen MR) is 68.7 cm³/mol. The van der Waals surface area contributed by atoms with E-state index in [9.17, 15) is 4.79 Å². The van der Waals surface area contributed by atoms with Gasteiger partial charge >= 0.3 is 0 Å². The summed E-state index contributed by atoms with van der Waals surface area (Å²) in [6.45, 7) is 7.46. The lowest BCUT2D eigenvalue weighted by atomic mass is 10.0. The van der Waals surface area contributed by atoms with Crippen molar-refractivity contribution in [1.82, 2.24) is 10.2 Å². The molecule has 0 aromatic carbocycles. The zero-order valence-corrected chi connectivity index (χ0v) is 11.1. The standard InChI is InChI=1S/C12H22N2OS/c1-9-10(2)16-6-5-14(9)12(15)7-11-3-4-13-8-11/h9-11,13H,3-8H2,1-2H3. The van der Waals surface area contributed by atoms with Crippen LogP contribution >= 0.6 is 11.8 Å². The average molecular weight is 242 g/mol. The van der Waals surface area contributed by atoms with E-state index >= 15 is 0 Å². The first kappa shape index (κ1) is 12.2. The van der Waals surface area contributed by atoms with E-state index in [2.05, 4.69) is 24.1 Å². The topological polar surface area (TPSA) is 32.3 Å². The smallest absolute Gasteiger partial charge is 0.223 e. The summed E-state index contributed by atoms with van der Waals surface area (Å²) in [6.07, 6.45) is 1.91. The van der Waals surface area contributed by atoms with Crippen LogP contribution in [0.25, 0.3) is 0 Å². The van der Waals surface area contributed by atoms with Crippen LogP contribution in [0.4, 0.5) is 0 Å². The Morgan fingerprint density at radius 2 is 2.31 bits per heavy atom. The summed E-state index contributed by atoms with van der Waals surface area (Å²) < 4.78 is 0. The summed E-state index contributed by atoms with van der Waals surface area (Å²) in [4.78, 5) is 14.3. The number of carbonyl (C=O) groups is 1. The Balaban J connectivity index is 1.87. The Morgan fingerprint density at radius 1 is 1.50 bits per heavy atom. The molecule has 0 aromatic heterocycles. The SMILES string of the molecule is CC1SCCN(C(=O)CC2CCNC2)C1C. The van der Waals surface area contributed by atoms with Gasteiger partial charge in [-0.05, 0) is 32.4 Å². The fourth-order valence-corrected chi connectivity index (χ4v) is 3.64. The Labute approximate surface area is 102 Å². The van der Waals surface area contributed by atoms with E-state index in [4.69, 9.17) is 0 Å². The van der Waals surface area contributed by atoms with Crippen LogP contribution in [0.15, 0.2) is 0 Å². The number of nitrogens with one attached hydrogen (secondary N) is 1. The van der Waals surface area contributed by atoms with Crippen molar-refractivity contribution >= 4 is 17.7 Å². The molecular formula is C12H22N2OS. The molecule has 4 heteroatoms. The molecule has 2 aliphatic rings. The third-order valence-corrected chi connectivity index (χ3v) is 5.17. The van der Waals surface area contributed by atoms with Crippen LogP contribution in [0, 0.1) is 5.92 Å². The van der Waals surface area contributed by atoms with Gasteiger partial charge in [-0.15, -0.1) is 0 Å². The maximum absolute atomic E-state index is 12.2. The second-order valence-corrected chi connectivity index (χ2v) is 6.45. The number of thioether (sulfide) groups is 1. The summed E-state index contributed by atoms with van der Waals surface area (Å²) in [5, 5.41) is 3.91. The van der Waals surface area contributed by atoms with Gasteiger partial charge in [-0.25, -0.2) is 0 Å². The van der Waals surface area contributed by atoms with E-state index in [0.717, 1.165) is 38.2 Å². The van der Waals surface area contributed by atoms with Crippen molar-refractivity contribution in [3.8, 4) is 0 Å². The molecule has 1 N–H and O–H groups in total. The average Bonchev–Trinajstić information content (AvgIpc) is 2.74. The molecule has 0 aromatic rings. The first-order valence-corrected chi connectivity index (χ1v) is 7.35. The zero-order valence-electron chi connectivity index (χ0n) is 10.2. The molecule has 2 fully saturated rings. The van der Waals surface area contributed by atoms with Gasteiger partial charge in [-0.2, -0.15) is 11.8 Å². The lowest BCUT2D eigenvalue weighted by molar-refractivity contribution is -0.134. The van der Waals surface area contributed by atoms with Crippen molar-refractivity contribution in [1.29, 1.82) is 0 Å². The molecule has 2 rings (SSSR count). The van der Waals surface area contributed by atoms with Crippen LogP contribution in [0.2, 0.25) is 0 Å². The van der Waals surface area contributed by atoms with Crippen molar-refractivity contribution in [3.05, 3.63) is 0 Å². The minimum atomic E-state index is 0.369. The van der Waals surface area contributed by atoms with Crippen LogP contribution in [-0.4, -0.2) is 47.5 Å². The van der Waals surface area contributed by atoms with Crippen molar-refractivity contribution in [2.75, 3.05) is 25.4 Å². The number of rotatable bonds is 2. The van der Waals surface area contributed by atoms with Crippen LogP contribution in [0.5, 0.6) is 0 Å². The summed E-state index contributed by atoms with van der Waals surface area (Å²) >= 11 is 1.98. The Hall–Kier alpha value is -0.220. The summed E-state index contributed by atoms with van der Waals surface area (Å²) in [5.74, 6) is 2.04. The van der Waals surface area contributed by atoms with Gasteiger partial charge in [0.2, 0.25) is 5.91 Å². The third-order valence-electron chi connectivity index (χ3n) is 3.83. The lowest BCUT2D eigenvalue weighted by Crippen LogP contribution is -2.48. The number of hydrogen-bond donors (Lipinski definition) is 1. The molecule has 0 bridgehead atoms. The van der Waals surface area contributed by atoms with Crippen LogP contribution in [-0.2, 0) is 4.79 Å². The largest absolute Gasteiger partial charge is 0.338 e. The normalized spacial score (nSPS) is 35.4. The number of carbonyl (C=O) groups excluding carboxylic acids is 1. The van der Waals surface area contributed by atoms with Crippen molar-refractivity contribution in [3.63, 3.8) is 0 Å². The van der Waals surface area contributed by atoms with Gasteiger partial charge in [0.25, 0.3) is 0 Å². The van der Waals surface area contributed by atoms with Gasteiger partial charge in [0.15, 0.2) is 0 Å². The first-order chi connectivity index (χ1) is 7.68. The van der Waals surface area contributed by atoms with Gasteiger partial charge in [-0.3, -0.25) is 4.79 Å². The quantitative estimate of drug-likeness (QED) is 0.793. The predicted octanol–water partition coefficient (Wildman–Crippen LogP) is 1.34. The number of hydrogen-bond acceptors (Lipinski definition) is 3. The van der Waals surface area contributed by atoms with Gasteiger partial charge < -0.3 is 10.2 Å². The molecule has 3 atom stereocenters. The highest BCUT2D eigenvalue weighted by molar-refractivity contribution is 8.00. The lowest BCUT2D eigenvalue weighted by Gasteiger charge is -2.38. The molecule has 1 amide bonds. The molecule has 0 aliphatic carbocycles. The second-order valence-electron chi connectivity index (χ2n) is 4.97. The second kappa shape index (κ2) is 5.41. The molecule has 3 nitrogen and oxygen atoms in total. The summed E-state index contributed by atoms with van der Waals surface area (Å²) in [7, 11) is 0. The van der Waals surface area contributed by atoms with Crippen LogP contribution < -0.4 is 5.32 Å². The minimum absolute atomic E-state index is 0.369. The van der Waals surface area contributed by atoms with Gasteiger partial charge in [0.1, 0.15) is 0 Å². The molecule has 0 saturated carbocycles. The molecule has 2 heterocycles. The fraction of sp³-hybridized carbons (Fsp3) is 0.917. The molecular weight excluding hydrogens is 220 g/mol. The zero-order chi connectivity index (χ0) is 11.5. The van der Waals surface area contributed by atoms with Crippen molar-refractivity contribution in [2.45, 2.75) is 38.0 Å². The fourth-order valence-electron chi connectivity index (χ4n) is 2.54. The monoisotopic (exact) mass is 242 g/mol. The van der Waals surface area contributed by atoms with Gasteiger partial charge in [-0.1, -0.05) is 6.92 Å². The van der Waals surface area contributed by atoms with Crippen LogP contribution in [0.3, 0.4) is 0 Å². The first-order valence-electron chi connectivity index (χ1n) is 6.30. The molecule has 0 radical (unpaired) electrons. The maximum atomic E-state index is 12.2. The van der Waals surface area contributed by atoms with E-state index in [1.54, 1.807) is 0 Å². The summed E-state index contributed by atoms with van der Waals surface area (Å²) in [6, 6.07) is 0.403. The minimum Gasteiger partial charge on any atom is -0.338 e. The molecule has 16 heavy (non-hydrogen) atoms. The number of nitrogens with zero attached hydrogens (tertiary/aromatic N) is 1. The highest BCUT2D eigenvalue weighted by Crippen LogP contribution is 2.25. The van der Waals surface area contributed by atoms with Gasteiger partial charge in [0.05, 0.1) is 0 Å². The number of amides is 1. The van der Waals surface area contributed by atoms with Gasteiger partial charge in [0, 0.05) is 30.0 Å². The van der Waals surface area contributed by atoms with E-state index in [1.807, 2.05) is 11.8 Å². The molecule has 2 saturated heterocycles. The van der Waals surface area contributed by atoms with E-state index < -0.39 is 0 Å². The molecule has 2 aliphatic heterocycles. The van der Waals surface area contributed by atoms with E-state index in [0.29, 0.717) is 23.1 Å². The van der Waals surface area contributed by atoms with Crippen molar-refractivity contribution in [2.24, 2.45) is 5.92 Å². The van der Waals surface area contributed by atoms with E-state index in [1.165, 1.54) is 0 Å². The molecule has 3 unspecified atom stereocenters. The highest BCUT2D eigenvalue weighted by atomic mass is 32.2. The summed E-state index contributed by atoms with van der Waals surface area (Å²) in [5.41, 5.74) is 0. The Bertz CT molecular complexity index is 253. The highest BCUT2D eigenvalue weighted by Gasteiger charge is 2.30. The maximum Gasteiger partial charge on any atom is 0.223 e. The Morgan fingerprint density at radius 3 is 3.00 bits per heavy atom. The third kappa shape index (κ3) is 2.72. The van der Waals surface area contributed by atoms with Crippen molar-refractivity contribution < 1.29 is 4.79 Å². The van der Waals surface area contributed by atoms with Crippen LogP contribution in [0.1, 0.15) is 26.7 Å². The molecule has 92 valence electrons.